The summed E-state index contributed by atoms with van der Waals surface area (Å²) in [4.78, 5) is 12.3. The van der Waals surface area contributed by atoms with Crippen molar-refractivity contribution in [3.05, 3.63) is 0 Å². The molecule has 1 aliphatic heterocycles. The van der Waals surface area contributed by atoms with Crippen LogP contribution >= 0.6 is 0 Å². The van der Waals surface area contributed by atoms with E-state index in [1.165, 1.54) is 19.3 Å². The van der Waals surface area contributed by atoms with Crippen LogP contribution in [-0.2, 0) is 9.53 Å². The topological polar surface area (TPSA) is 58.6 Å². The van der Waals surface area contributed by atoms with E-state index in [2.05, 4.69) is 5.32 Å². The Hall–Kier alpha value is -0.610. The van der Waals surface area contributed by atoms with Crippen LogP contribution in [-0.4, -0.2) is 35.9 Å². The first kappa shape index (κ1) is 12.2. The van der Waals surface area contributed by atoms with E-state index in [1.807, 2.05) is 6.92 Å². The molecule has 4 heteroatoms. The van der Waals surface area contributed by atoms with Gasteiger partial charge in [0.15, 0.2) is 0 Å². The number of nitrogens with one attached hydrogen (secondary N) is 1. The molecule has 0 radical (unpaired) electrons. The number of rotatable bonds is 3. The zero-order chi connectivity index (χ0) is 13.2. The first-order valence-electron chi connectivity index (χ1n) is 7.72. The van der Waals surface area contributed by atoms with Crippen LogP contribution in [0.25, 0.3) is 0 Å². The van der Waals surface area contributed by atoms with Gasteiger partial charge < -0.3 is 15.2 Å². The van der Waals surface area contributed by atoms with Crippen molar-refractivity contribution >= 4 is 5.91 Å². The quantitative estimate of drug-likeness (QED) is 0.798. The highest BCUT2D eigenvalue weighted by molar-refractivity contribution is 5.82. The summed E-state index contributed by atoms with van der Waals surface area (Å²) in [7, 11) is 0. The molecule has 0 aromatic carbocycles. The molecule has 1 amide bonds. The molecule has 1 saturated heterocycles. The van der Waals surface area contributed by atoms with Crippen LogP contribution in [0.1, 0.15) is 32.6 Å². The molecule has 4 rings (SSSR count). The van der Waals surface area contributed by atoms with Crippen LogP contribution in [0, 0.1) is 29.6 Å². The van der Waals surface area contributed by atoms with Gasteiger partial charge in [0, 0.05) is 25.5 Å². The summed E-state index contributed by atoms with van der Waals surface area (Å²) >= 11 is 0. The maximum Gasteiger partial charge on any atom is 0.223 e. The SMILES string of the molecule is CC1OCCC1(O)CNC(=O)C1C2C3CCC(C3)C12. The zero-order valence-corrected chi connectivity index (χ0v) is 11.5. The lowest BCUT2D eigenvalue weighted by Crippen LogP contribution is -2.48. The third-order valence-corrected chi connectivity index (χ3v) is 6.27. The largest absolute Gasteiger partial charge is 0.385 e. The van der Waals surface area contributed by atoms with Crippen LogP contribution in [0.2, 0.25) is 0 Å². The maximum atomic E-state index is 12.3. The highest BCUT2D eigenvalue weighted by atomic mass is 16.5. The van der Waals surface area contributed by atoms with Gasteiger partial charge in [0.1, 0.15) is 5.60 Å². The van der Waals surface area contributed by atoms with E-state index < -0.39 is 5.60 Å². The van der Waals surface area contributed by atoms with Crippen LogP contribution in [0.3, 0.4) is 0 Å². The van der Waals surface area contributed by atoms with Crippen molar-refractivity contribution in [1.82, 2.24) is 5.32 Å². The summed E-state index contributed by atoms with van der Waals surface area (Å²) in [5.74, 6) is 3.42. The monoisotopic (exact) mass is 265 g/mol. The normalized spacial score (nSPS) is 54.2. The average molecular weight is 265 g/mol. The van der Waals surface area contributed by atoms with Crippen molar-refractivity contribution in [2.45, 2.75) is 44.3 Å². The van der Waals surface area contributed by atoms with E-state index in [9.17, 15) is 9.90 Å². The maximum absolute atomic E-state index is 12.3. The summed E-state index contributed by atoms with van der Waals surface area (Å²) in [5.41, 5.74) is -0.862. The highest BCUT2D eigenvalue weighted by Crippen LogP contribution is 2.69. The van der Waals surface area contributed by atoms with E-state index in [4.69, 9.17) is 4.74 Å². The first-order valence-corrected chi connectivity index (χ1v) is 7.72. The minimum atomic E-state index is -0.862. The van der Waals surface area contributed by atoms with Gasteiger partial charge in [-0.15, -0.1) is 0 Å². The Kier molecular flexibility index (Phi) is 2.53. The molecule has 3 saturated carbocycles. The van der Waals surface area contributed by atoms with Gasteiger partial charge in [-0.1, -0.05) is 0 Å². The molecule has 4 fully saturated rings. The van der Waals surface area contributed by atoms with Gasteiger partial charge in [0.05, 0.1) is 6.10 Å². The average Bonchev–Trinajstić information content (AvgIpc) is 2.69. The number of carbonyl (C=O) groups excluding carboxylic acids is 1. The molecule has 1 heterocycles. The Bertz CT molecular complexity index is 396. The van der Waals surface area contributed by atoms with Crippen molar-refractivity contribution < 1.29 is 14.6 Å². The number of fused-ring (bicyclic) bond motifs is 5. The van der Waals surface area contributed by atoms with Crippen LogP contribution in [0.5, 0.6) is 0 Å². The second-order valence-electron chi connectivity index (χ2n) is 7.10. The molecule has 106 valence electrons. The summed E-state index contributed by atoms with van der Waals surface area (Å²) in [6.45, 7) is 2.82. The fourth-order valence-corrected chi connectivity index (χ4v) is 5.04. The van der Waals surface area contributed by atoms with Crippen molar-refractivity contribution in [3.63, 3.8) is 0 Å². The summed E-state index contributed by atoms with van der Waals surface area (Å²) in [6.07, 6.45) is 4.49. The van der Waals surface area contributed by atoms with E-state index in [0.717, 1.165) is 11.8 Å². The number of amides is 1. The van der Waals surface area contributed by atoms with Gasteiger partial charge in [-0.2, -0.15) is 0 Å². The fraction of sp³-hybridized carbons (Fsp3) is 0.933. The molecule has 19 heavy (non-hydrogen) atoms. The van der Waals surface area contributed by atoms with Crippen LogP contribution in [0.4, 0.5) is 0 Å². The summed E-state index contributed by atoms with van der Waals surface area (Å²) in [6, 6.07) is 0. The third kappa shape index (κ3) is 1.69. The van der Waals surface area contributed by atoms with E-state index in [1.54, 1.807) is 0 Å². The van der Waals surface area contributed by atoms with E-state index in [0.29, 0.717) is 31.4 Å². The predicted octanol–water partition coefficient (Wildman–Crippen LogP) is 0.935. The lowest BCUT2D eigenvalue weighted by molar-refractivity contribution is -0.125. The number of carbonyl (C=O) groups is 1. The molecule has 4 nitrogen and oxygen atoms in total. The molecule has 4 aliphatic rings. The second kappa shape index (κ2) is 3.95. The van der Waals surface area contributed by atoms with Gasteiger partial charge in [0.2, 0.25) is 5.91 Å². The molecular formula is C15H23NO3. The van der Waals surface area contributed by atoms with Crippen LogP contribution in [0.15, 0.2) is 0 Å². The lowest BCUT2D eigenvalue weighted by Gasteiger charge is -2.26. The molecular weight excluding hydrogens is 242 g/mol. The molecule has 0 aromatic rings. The van der Waals surface area contributed by atoms with Gasteiger partial charge in [-0.25, -0.2) is 0 Å². The molecule has 2 bridgehead atoms. The second-order valence-corrected chi connectivity index (χ2v) is 7.10. The lowest BCUT2D eigenvalue weighted by atomic mass is 9.96. The Morgan fingerprint density at radius 2 is 2.05 bits per heavy atom. The third-order valence-electron chi connectivity index (χ3n) is 6.27. The Balaban J connectivity index is 1.34. The van der Waals surface area contributed by atoms with Crippen molar-refractivity contribution in [2.75, 3.05) is 13.2 Å². The van der Waals surface area contributed by atoms with Gasteiger partial charge in [0.25, 0.3) is 0 Å². The predicted molar refractivity (Wildman–Crippen MR) is 69.3 cm³/mol. The minimum Gasteiger partial charge on any atom is -0.385 e. The minimum absolute atomic E-state index is 0.178. The van der Waals surface area contributed by atoms with E-state index in [-0.39, 0.29) is 17.9 Å². The Labute approximate surface area is 113 Å². The molecule has 6 unspecified atom stereocenters. The Morgan fingerprint density at radius 3 is 2.63 bits per heavy atom. The molecule has 0 spiro atoms. The molecule has 2 N–H and O–H groups in total. The number of hydrogen-bond acceptors (Lipinski definition) is 3. The highest BCUT2D eigenvalue weighted by Gasteiger charge is 2.67. The smallest absolute Gasteiger partial charge is 0.223 e. The summed E-state index contributed by atoms with van der Waals surface area (Å²) < 4.78 is 5.39. The first-order chi connectivity index (χ1) is 9.10. The van der Waals surface area contributed by atoms with Crippen molar-refractivity contribution in [1.29, 1.82) is 0 Å². The standard InChI is InChI=1S/C15H23NO3/c1-8-15(18,4-5-19-8)7-16-14(17)13-11-9-2-3-10(6-9)12(11)13/h8-13,18H,2-7H2,1H3,(H,16,17). The molecule has 0 aromatic heterocycles. The number of ether oxygens (including phenoxy) is 1. The Morgan fingerprint density at radius 1 is 1.37 bits per heavy atom. The van der Waals surface area contributed by atoms with Gasteiger partial charge in [-0.05, 0) is 49.9 Å². The molecule has 3 aliphatic carbocycles. The van der Waals surface area contributed by atoms with Crippen molar-refractivity contribution in [3.8, 4) is 0 Å². The van der Waals surface area contributed by atoms with E-state index >= 15 is 0 Å². The van der Waals surface area contributed by atoms with Crippen molar-refractivity contribution in [2.24, 2.45) is 29.6 Å². The number of aliphatic hydroxyl groups is 1. The summed E-state index contributed by atoms with van der Waals surface area (Å²) in [5, 5.41) is 13.4. The van der Waals surface area contributed by atoms with Crippen LogP contribution < -0.4 is 5.32 Å². The zero-order valence-electron chi connectivity index (χ0n) is 11.5. The van der Waals surface area contributed by atoms with Gasteiger partial charge in [-0.3, -0.25) is 4.79 Å². The number of hydrogen-bond donors (Lipinski definition) is 2. The fourth-order valence-electron chi connectivity index (χ4n) is 5.04. The van der Waals surface area contributed by atoms with Gasteiger partial charge >= 0.3 is 0 Å². The molecule has 6 atom stereocenters.